The summed E-state index contributed by atoms with van der Waals surface area (Å²) in [6.07, 6.45) is 0. The number of hydrogen-bond acceptors (Lipinski definition) is 3. The Balaban J connectivity index is 3.28. The predicted octanol–water partition coefficient (Wildman–Crippen LogP) is 2.31. The molecule has 0 aliphatic heterocycles. The number of nitro groups is 1. The molecule has 1 rings (SSSR count). The van der Waals surface area contributed by atoms with Gasteiger partial charge in [0.25, 0.3) is 5.69 Å². The zero-order valence-corrected chi connectivity index (χ0v) is 9.37. The Morgan fingerprint density at radius 2 is 2.23 bits per heavy atom. The van der Waals surface area contributed by atoms with Crippen molar-refractivity contribution in [2.24, 2.45) is 5.73 Å². The molecule has 0 unspecified atom stereocenters. The van der Waals surface area contributed by atoms with Crippen LogP contribution in [-0.2, 0) is 6.54 Å². The number of nitro benzene ring substituents is 1. The van der Waals surface area contributed by atoms with E-state index in [4.69, 9.17) is 17.3 Å². The Bertz CT molecular complexity index is 357. The summed E-state index contributed by atoms with van der Waals surface area (Å²) in [6, 6.07) is 2.95. The zero-order chi connectivity index (χ0) is 10.0. The van der Waals surface area contributed by atoms with Crippen LogP contribution in [0.4, 0.5) is 5.69 Å². The van der Waals surface area contributed by atoms with Gasteiger partial charge in [-0.1, -0.05) is 11.6 Å². The molecule has 0 bridgehead atoms. The van der Waals surface area contributed by atoms with Crippen molar-refractivity contribution in [3.8, 4) is 0 Å². The van der Waals surface area contributed by atoms with Gasteiger partial charge in [0, 0.05) is 16.2 Å². The summed E-state index contributed by atoms with van der Waals surface area (Å²) in [7, 11) is 0. The van der Waals surface area contributed by atoms with Gasteiger partial charge in [-0.05, 0) is 34.2 Å². The lowest BCUT2D eigenvalue weighted by Gasteiger charge is -2.02. The molecule has 0 radical (unpaired) electrons. The first-order chi connectivity index (χ1) is 6.06. The molecule has 0 saturated carbocycles. The van der Waals surface area contributed by atoms with Crippen molar-refractivity contribution >= 4 is 39.9 Å². The van der Waals surface area contributed by atoms with Gasteiger partial charge in [0.1, 0.15) is 5.02 Å². The van der Waals surface area contributed by atoms with Crippen molar-refractivity contribution in [2.45, 2.75) is 6.54 Å². The zero-order valence-electron chi connectivity index (χ0n) is 6.46. The van der Waals surface area contributed by atoms with Gasteiger partial charge in [-0.15, -0.1) is 0 Å². The number of benzene rings is 1. The molecule has 0 aliphatic carbocycles. The molecule has 0 atom stereocenters. The SMILES string of the molecule is NCc1cc(Cl)c([N+](=O)[O-])cc1I. The van der Waals surface area contributed by atoms with Crippen LogP contribution in [0.1, 0.15) is 5.56 Å². The summed E-state index contributed by atoms with van der Waals surface area (Å²) in [6.45, 7) is 0.329. The minimum absolute atomic E-state index is 0.0803. The van der Waals surface area contributed by atoms with Crippen molar-refractivity contribution in [1.29, 1.82) is 0 Å². The first-order valence-electron chi connectivity index (χ1n) is 3.38. The van der Waals surface area contributed by atoms with E-state index in [1.807, 2.05) is 22.6 Å². The molecule has 0 amide bonds. The van der Waals surface area contributed by atoms with E-state index in [2.05, 4.69) is 0 Å². The molecule has 1 aromatic rings. The lowest BCUT2D eigenvalue weighted by molar-refractivity contribution is -0.384. The Morgan fingerprint density at radius 1 is 1.62 bits per heavy atom. The van der Waals surface area contributed by atoms with Gasteiger partial charge in [0.05, 0.1) is 4.92 Å². The number of nitrogens with two attached hydrogens (primary N) is 1. The van der Waals surface area contributed by atoms with E-state index in [0.717, 1.165) is 9.13 Å². The van der Waals surface area contributed by atoms with Crippen molar-refractivity contribution in [2.75, 3.05) is 0 Å². The van der Waals surface area contributed by atoms with Gasteiger partial charge in [-0.25, -0.2) is 0 Å². The van der Waals surface area contributed by atoms with E-state index in [1.54, 1.807) is 0 Å². The van der Waals surface area contributed by atoms with Crippen molar-refractivity contribution in [3.05, 3.63) is 36.4 Å². The van der Waals surface area contributed by atoms with Crippen LogP contribution in [-0.4, -0.2) is 4.92 Å². The molecule has 6 heteroatoms. The molecule has 0 saturated heterocycles. The van der Waals surface area contributed by atoms with E-state index in [1.165, 1.54) is 12.1 Å². The van der Waals surface area contributed by atoms with E-state index in [9.17, 15) is 10.1 Å². The highest BCUT2D eigenvalue weighted by atomic mass is 127. The van der Waals surface area contributed by atoms with Crippen LogP contribution < -0.4 is 5.73 Å². The standard InChI is InChI=1S/C7H6ClIN2O2/c8-5-1-4(3-10)6(9)2-7(5)11(12)13/h1-2H,3,10H2. The maximum atomic E-state index is 10.5. The minimum Gasteiger partial charge on any atom is -0.326 e. The second kappa shape index (κ2) is 4.21. The Morgan fingerprint density at radius 3 is 2.69 bits per heavy atom. The van der Waals surface area contributed by atoms with Crippen LogP contribution in [0.25, 0.3) is 0 Å². The predicted molar refractivity (Wildman–Crippen MR) is 58.7 cm³/mol. The monoisotopic (exact) mass is 312 g/mol. The van der Waals surface area contributed by atoms with E-state index >= 15 is 0 Å². The van der Waals surface area contributed by atoms with Gasteiger partial charge < -0.3 is 5.73 Å². The highest BCUT2D eigenvalue weighted by Gasteiger charge is 2.14. The average Bonchev–Trinajstić information content (AvgIpc) is 2.07. The summed E-state index contributed by atoms with van der Waals surface area (Å²) in [4.78, 5) is 9.95. The second-order valence-electron chi connectivity index (χ2n) is 2.36. The van der Waals surface area contributed by atoms with Crippen molar-refractivity contribution in [1.82, 2.24) is 0 Å². The fraction of sp³-hybridized carbons (Fsp3) is 0.143. The van der Waals surface area contributed by atoms with E-state index < -0.39 is 4.92 Å². The Kier molecular flexibility index (Phi) is 3.46. The maximum Gasteiger partial charge on any atom is 0.288 e. The third-order valence-electron chi connectivity index (χ3n) is 1.53. The van der Waals surface area contributed by atoms with Crippen molar-refractivity contribution in [3.63, 3.8) is 0 Å². The minimum atomic E-state index is -0.509. The smallest absolute Gasteiger partial charge is 0.288 e. The molecule has 4 nitrogen and oxygen atoms in total. The fourth-order valence-electron chi connectivity index (χ4n) is 0.874. The third kappa shape index (κ3) is 2.29. The van der Waals surface area contributed by atoms with Crippen LogP contribution in [0.15, 0.2) is 12.1 Å². The molecule has 0 heterocycles. The number of nitrogens with zero attached hydrogens (tertiary/aromatic N) is 1. The van der Waals surface area contributed by atoms with Crippen LogP contribution in [0.5, 0.6) is 0 Å². The summed E-state index contributed by atoms with van der Waals surface area (Å²) < 4.78 is 0.760. The van der Waals surface area contributed by atoms with Gasteiger partial charge >= 0.3 is 0 Å². The van der Waals surface area contributed by atoms with Gasteiger partial charge in [-0.3, -0.25) is 10.1 Å². The summed E-state index contributed by atoms with van der Waals surface area (Å²) in [5.74, 6) is 0. The third-order valence-corrected chi connectivity index (χ3v) is 2.84. The molecular formula is C7H6ClIN2O2. The first kappa shape index (κ1) is 10.7. The number of rotatable bonds is 2. The topological polar surface area (TPSA) is 69.2 Å². The molecule has 13 heavy (non-hydrogen) atoms. The molecule has 0 spiro atoms. The van der Waals surface area contributed by atoms with Crippen LogP contribution in [0.3, 0.4) is 0 Å². The molecular weight excluding hydrogens is 306 g/mol. The molecule has 70 valence electrons. The molecule has 0 aliphatic rings. The largest absolute Gasteiger partial charge is 0.326 e. The molecule has 0 aromatic heterocycles. The normalized spacial score (nSPS) is 10.1. The maximum absolute atomic E-state index is 10.5. The number of halogens is 2. The lowest BCUT2D eigenvalue weighted by Crippen LogP contribution is -2.00. The van der Waals surface area contributed by atoms with Gasteiger partial charge in [0.15, 0.2) is 0 Å². The summed E-state index contributed by atoms with van der Waals surface area (Å²) in [5.41, 5.74) is 6.15. The van der Waals surface area contributed by atoms with Gasteiger partial charge in [-0.2, -0.15) is 0 Å². The Hall–Kier alpha value is -0.400. The molecule has 2 N–H and O–H groups in total. The summed E-state index contributed by atoms with van der Waals surface area (Å²) >= 11 is 7.67. The van der Waals surface area contributed by atoms with Crippen molar-refractivity contribution < 1.29 is 4.92 Å². The molecule has 1 aromatic carbocycles. The van der Waals surface area contributed by atoms with Gasteiger partial charge in [0.2, 0.25) is 0 Å². The highest BCUT2D eigenvalue weighted by molar-refractivity contribution is 14.1. The quantitative estimate of drug-likeness (QED) is 0.517. The Labute approximate surface area is 93.4 Å². The van der Waals surface area contributed by atoms with E-state index in [0.29, 0.717) is 6.54 Å². The number of hydrogen-bond donors (Lipinski definition) is 1. The highest BCUT2D eigenvalue weighted by Crippen LogP contribution is 2.28. The van der Waals surface area contributed by atoms with Crippen LogP contribution in [0, 0.1) is 13.7 Å². The lowest BCUT2D eigenvalue weighted by atomic mass is 10.2. The first-order valence-corrected chi connectivity index (χ1v) is 4.84. The molecule has 0 fully saturated rings. The summed E-state index contributed by atoms with van der Waals surface area (Å²) in [5, 5.41) is 10.6. The second-order valence-corrected chi connectivity index (χ2v) is 3.93. The average molecular weight is 312 g/mol. The van der Waals surface area contributed by atoms with Crippen LogP contribution in [0.2, 0.25) is 5.02 Å². The van der Waals surface area contributed by atoms with E-state index in [-0.39, 0.29) is 10.7 Å². The van der Waals surface area contributed by atoms with Crippen LogP contribution >= 0.6 is 34.2 Å². The fourth-order valence-corrected chi connectivity index (χ4v) is 1.80.